The van der Waals surface area contributed by atoms with E-state index in [1.165, 1.54) is 0 Å². The topological polar surface area (TPSA) is 70.1 Å². The van der Waals surface area contributed by atoms with E-state index in [0.717, 1.165) is 25.1 Å². The number of ether oxygens (including phenoxy) is 1. The predicted octanol–water partition coefficient (Wildman–Crippen LogP) is 3.61. The lowest BCUT2D eigenvalue weighted by Gasteiger charge is -2.42. The van der Waals surface area contributed by atoms with Crippen molar-refractivity contribution in [3.8, 4) is 0 Å². The van der Waals surface area contributed by atoms with Gasteiger partial charge < -0.3 is 19.6 Å². The van der Waals surface area contributed by atoms with Crippen molar-refractivity contribution in [3.63, 3.8) is 0 Å². The van der Waals surface area contributed by atoms with Crippen molar-refractivity contribution in [1.82, 2.24) is 4.90 Å². The molecule has 0 spiro atoms. The van der Waals surface area contributed by atoms with E-state index in [-0.39, 0.29) is 17.7 Å². The third-order valence-electron chi connectivity index (χ3n) is 4.21. The summed E-state index contributed by atoms with van der Waals surface area (Å²) in [5.74, 6) is -0.926. The number of aromatic carboxylic acids is 1. The fraction of sp³-hybridized carbons (Fsp3) is 0.579. The van der Waals surface area contributed by atoms with Gasteiger partial charge in [0.25, 0.3) is 0 Å². The fourth-order valence-corrected chi connectivity index (χ4v) is 3.05. The first-order valence-corrected chi connectivity index (χ1v) is 8.79. The number of carboxylic acid groups (broad SMARTS) is 1. The van der Waals surface area contributed by atoms with Crippen LogP contribution in [0.15, 0.2) is 24.3 Å². The first kappa shape index (κ1) is 19.1. The molecule has 1 aliphatic rings. The molecule has 1 heterocycles. The van der Waals surface area contributed by atoms with Gasteiger partial charge in [-0.05, 0) is 51.5 Å². The zero-order valence-electron chi connectivity index (χ0n) is 15.5. The van der Waals surface area contributed by atoms with Crippen LogP contribution >= 0.6 is 0 Å². The molecule has 0 radical (unpaired) electrons. The maximum Gasteiger partial charge on any atom is 0.410 e. The summed E-state index contributed by atoms with van der Waals surface area (Å²) < 4.78 is 5.54. The van der Waals surface area contributed by atoms with Crippen molar-refractivity contribution in [1.29, 1.82) is 0 Å². The number of carboxylic acids is 1. The molecule has 1 fully saturated rings. The molecule has 1 amide bonds. The SMILES string of the molecule is CCCC1CN(c2ccc(C(=O)O)cc2)CCN1C(=O)OC(C)(C)C. The summed E-state index contributed by atoms with van der Waals surface area (Å²) in [6.45, 7) is 9.75. The molecule has 1 aromatic carbocycles. The van der Waals surface area contributed by atoms with E-state index in [4.69, 9.17) is 9.84 Å². The molecule has 25 heavy (non-hydrogen) atoms. The number of hydrogen-bond donors (Lipinski definition) is 1. The van der Waals surface area contributed by atoms with E-state index in [0.29, 0.717) is 13.1 Å². The van der Waals surface area contributed by atoms with Crippen LogP contribution in [0, 0.1) is 0 Å². The largest absolute Gasteiger partial charge is 0.478 e. The Hall–Kier alpha value is -2.24. The van der Waals surface area contributed by atoms with Crippen molar-refractivity contribution < 1.29 is 19.4 Å². The van der Waals surface area contributed by atoms with Gasteiger partial charge in [0.1, 0.15) is 5.60 Å². The second kappa shape index (κ2) is 7.76. The Bertz CT molecular complexity index is 607. The minimum absolute atomic E-state index is 0.0905. The normalized spacial score (nSPS) is 18.2. The molecule has 138 valence electrons. The van der Waals surface area contributed by atoms with Crippen LogP contribution in [0.1, 0.15) is 50.9 Å². The molecule has 1 saturated heterocycles. The molecule has 6 nitrogen and oxygen atoms in total. The first-order chi connectivity index (χ1) is 11.7. The third-order valence-corrected chi connectivity index (χ3v) is 4.21. The van der Waals surface area contributed by atoms with E-state index in [2.05, 4.69) is 11.8 Å². The molecule has 0 bridgehead atoms. The Morgan fingerprint density at radius 1 is 1.20 bits per heavy atom. The molecule has 0 aromatic heterocycles. The molecule has 2 rings (SSSR count). The molecule has 0 saturated carbocycles. The van der Waals surface area contributed by atoms with Gasteiger partial charge in [-0.25, -0.2) is 9.59 Å². The maximum atomic E-state index is 12.5. The van der Waals surface area contributed by atoms with Crippen molar-refractivity contribution in [2.75, 3.05) is 24.5 Å². The molecule has 6 heteroatoms. The van der Waals surface area contributed by atoms with Gasteiger partial charge in [-0.15, -0.1) is 0 Å². The van der Waals surface area contributed by atoms with Crippen LogP contribution in [0.2, 0.25) is 0 Å². The zero-order chi connectivity index (χ0) is 18.6. The lowest BCUT2D eigenvalue weighted by atomic mass is 10.1. The van der Waals surface area contributed by atoms with Crippen LogP contribution in [-0.2, 0) is 4.74 Å². The number of carbonyl (C=O) groups is 2. The van der Waals surface area contributed by atoms with E-state index in [1.807, 2.05) is 37.8 Å². The van der Waals surface area contributed by atoms with Gasteiger partial charge >= 0.3 is 12.1 Å². The van der Waals surface area contributed by atoms with Gasteiger partial charge in [-0.2, -0.15) is 0 Å². The number of carbonyl (C=O) groups excluding carboxylic acids is 1. The summed E-state index contributed by atoms with van der Waals surface area (Å²) in [7, 11) is 0. The average Bonchev–Trinajstić information content (AvgIpc) is 2.53. The van der Waals surface area contributed by atoms with Gasteiger partial charge in [0.15, 0.2) is 0 Å². The lowest BCUT2D eigenvalue weighted by molar-refractivity contribution is 0.0131. The van der Waals surface area contributed by atoms with Gasteiger partial charge in [0.2, 0.25) is 0 Å². The maximum absolute atomic E-state index is 12.5. The number of benzene rings is 1. The Balaban J connectivity index is 2.09. The molecule has 1 atom stereocenters. The Kier molecular flexibility index (Phi) is 5.93. The molecular formula is C19H28N2O4. The monoisotopic (exact) mass is 348 g/mol. The highest BCUT2D eigenvalue weighted by Gasteiger charge is 2.32. The average molecular weight is 348 g/mol. The van der Waals surface area contributed by atoms with E-state index in [1.54, 1.807) is 12.1 Å². The zero-order valence-corrected chi connectivity index (χ0v) is 15.5. The van der Waals surface area contributed by atoms with Crippen LogP contribution < -0.4 is 4.90 Å². The number of piperazine rings is 1. The molecule has 1 aromatic rings. The van der Waals surface area contributed by atoms with Crippen LogP contribution in [0.25, 0.3) is 0 Å². The molecule has 1 unspecified atom stereocenters. The second-order valence-corrected chi connectivity index (χ2v) is 7.41. The van der Waals surface area contributed by atoms with Crippen molar-refractivity contribution in [2.24, 2.45) is 0 Å². The fourth-order valence-electron chi connectivity index (χ4n) is 3.05. The van der Waals surface area contributed by atoms with Gasteiger partial charge in [-0.3, -0.25) is 0 Å². The summed E-state index contributed by atoms with van der Waals surface area (Å²) in [6.07, 6.45) is 1.63. The van der Waals surface area contributed by atoms with E-state index >= 15 is 0 Å². The Labute approximate surface area is 149 Å². The minimum atomic E-state index is -0.926. The number of anilines is 1. The molecule has 1 N–H and O–H groups in total. The number of rotatable bonds is 4. The Morgan fingerprint density at radius 2 is 1.84 bits per heavy atom. The number of amides is 1. The van der Waals surface area contributed by atoms with Crippen molar-refractivity contribution >= 4 is 17.7 Å². The highest BCUT2D eigenvalue weighted by Crippen LogP contribution is 2.23. The number of nitrogens with zero attached hydrogens (tertiary/aromatic N) is 2. The predicted molar refractivity (Wildman–Crippen MR) is 97.3 cm³/mol. The number of hydrogen-bond acceptors (Lipinski definition) is 4. The lowest BCUT2D eigenvalue weighted by Crippen LogP contribution is -2.56. The van der Waals surface area contributed by atoms with E-state index in [9.17, 15) is 9.59 Å². The Morgan fingerprint density at radius 3 is 2.36 bits per heavy atom. The quantitative estimate of drug-likeness (QED) is 0.900. The summed E-state index contributed by atoms with van der Waals surface area (Å²) in [4.78, 5) is 27.5. The summed E-state index contributed by atoms with van der Waals surface area (Å²) in [5.41, 5.74) is 0.758. The van der Waals surface area contributed by atoms with E-state index < -0.39 is 11.6 Å². The second-order valence-electron chi connectivity index (χ2n) is 7.41. The standard InChI is InChI=1S/C19H28N2O4/c1-5-6-16-13-20(15-9-7-14(8-10-15)17(22)23)11-12-21(16)18(24)25-19(2,3)4/h7-10,16H,5-6,11-13H2,1-4H3,(H,22,23). The summed E-state index contributed by atoms with van der Waals surface area (Å²) in [5, 5.41) is 9.02. The van der Waals surface area contributed by atoms with Crippen LogP contribution in [-0.4, -0.2) is 53.3 Å². The van der Waals surface area contributed by atoms with Crippen LogP contribution in [0.4, 0.5) is 10.5 Å². The van der Waals surface area contributed by atoms with Crippen molar-refractivity contribution in [2.45, 2.75) is 52.2 Å². The molecular weight excluding hydrogens is 320 g/mol. The summed E-state index contributed by atoms with van der Waals surface area (Å²) in [6, 6.07) is 6.98. The third kappa shape index (κ3) is 5.11. The van der Waals surface area contributed by atoms with Crippen molar-refractivity contribution in [3.05, 3.63) is 29.8 Å². The highest BCUT2D eigenvalue weighted by atomic mass is 16.6. The minimum Gasteiger partial charge on any atom is -0.478 e. The smallest absolute Gasteiger partial charge is 0.410 e. The van der Waals surface area contributed by atoms with Gasteiger partial charge in [0.05, 0.1) is 11.6 Å². The summed E-state index contributed by atoms with van der Waals surface area (Å²) >= 11 is 0. The van der Waals surface area contributed by atoms with Crippen LogP contribution in [0.3, 0.4) is 0 Å². The molecule has 0 aliphatic carbocycles. The van der Waals surface area contributed by atoms with Gasteiger partial charge in [-0.1, -0.05) is 13.3 Å². The van der Waals surface area contributed by atoms with Crippen LogP contribution in [0.5, 0.6) is 0 Å². The molecule has 1 aliphatic heterocycles. The van der Waals surface area contributed by atoms with Gasteiger partial charge in [0, 0.05) is 25.3 Å². The highest BCUT2D eigenvalue weighted by molar-refractivity contribution is 5.88. The first-order valence-electron chi connectivity index (χ1n) is 8.79.